The Morgan fingerprint density at radius 2 is 1.71 bits per heavy atom. The summed E-state index contributed by atoms with van der Waals surface area (Å²) >= 11 is 0. The Morgan fingerprint density at radius 1 is 1.00 bits per heavy atom. The zero-order chi connectivity index (χ0) is 22.3. The number of ether oxygens (including phenoxy) is 2. The molecule has 0 unspecified atom stereocenters. The Morgan fingerprint density at radius 3 is 2.39 bits per heavy atom. The maximum atomic E-state index is 12.4. The molecule has 3 aromatic rings. The first-order valence-corrected chi connectivity index (χ1v) is 11.0. The van der Waals surface area contributed by atoms with Gasteiger partial charge < -0.3 is 9.47 Å². The molecule has 0 saturated carbocycles. The van der Waals surface area contributed by atoms with Gasteiger partial charge in [-0.1, -0.05) is 35.9 Å². The van der Waals surface area contributed by atoms with Gasteiger partial charge >= 0.3 is 5.97 Å². The lowest BCUT2D eigenvalue weighted by Gasteiger charge is -2.11. The predicted molar refractivity (Wildman–Crippen MR) is 118 cm³/mol. The van der Waals surface area contributed by atoms with Gasteiger partial charge in [-0.2, -0.15) is 13.5 Å². The zero-order valence-electron chi connectivity index (χ0n) is 17.1. The summed E-state index contributed by atoms with van der Waals surface area (Å²) in [5.41, 5.74) is 2.03. The molecular formula is C23H22N2O5S. The molecule has 31 heavy (non-hydrogen) atoms. The number of sulfonamides is 1. The lowest BCUT2D eigenvalue weighted by molar-refractivity contribution is 0.0728. The Kier molecular flexibility index (Phi) is 7.04. The van der Waals surface area contributed by atoms with Crippen molar-refractivity contribution in [2.45, 2.75) is 18.7 Å². The second kappa shape index (κ2) is 9.90. The van der Waals surface area contributed by atoms with Crippen molar-refractivity contribution in [3.63, 3.8) is 0 Å². The van der Waals surface area contributed by atoms with Crippen LogP contribution >= 0.6 is 0 Å². The second-order valence-corrected chi connectivity index (χ2v) is 8.22. The molecule has 3 rings (SSSR count). The van der Waals surface area contributed by atoms with E-state index in [1.807, 2.05) is 19.1 Å². The average molecular weight is 439 g/mol. The Bertz CT molecular complexity index is 1170. The summed E-state index contributed by atoms with van der Waals surface area (Å²) in [5, 5.41) is 3.81. The van der Waals surface area contributed by atoms with Crippen molar-refractivity contribution in [3.05, 3.63) is 89.5 Å². The van der Waals surface area contributed by atoms with E-state index in [9.17, 15) is 13.2 Å². The van der Waals surface area contributed by atoms with Crippen LogP contribution in [0, 0.1) is 6.92 Å². The van der Waals surface area contributed by atoms with Crippen LogP contribution in [0.15, 0.2) is 82.8 Å². The number of nitrogens with zero attached hydrogens (tertiary/aromatic N) is 1. The van der Waals surface area contributed by atoms with E-state index in [2.05, 4.69) is 9.93 Å². The average Bonchev–Trinajstić information content (AvgIpc) is 2.76. The van der Waals surface area contributed by atoms with Gasteiger partial charge in [0.1, 0.15) is 0 Å². The van der Waals surface area contributed by atoms with Crippen molar-refractivity contribution in [1.29, 1.82) is 0 Å². The van der Waals surface area contributed by atoms with Crippen LogP contribution in [0.1, 0.15) is 28.4 Å². The van der Waals surface area contributed by atoms with E-state index in [-0.39, 0.29) is 10.6 Å². The number of nitrogens with one attached hydrogen (secondary N) is 1. The molecule has 0 aliphatic rings. The van der Waals surface area contributed by atoms with E-state index in [4.69, 9.17) is 9.47 Å². The molecule has 0 aliphatic carbocycles. The summed E-state index contributed by atoms with van der Waals surface area (Å²) in [6.07, 6.45) is 1.34. The number of rotatable bonds is 8. The van der Waals surface area contributed by atoms with Gasteiger partial charge in [-0.15, -0.1) is 0 Å². The molecule has 0 heterocycles. The van der Waals surface area contributed by atoms with E-state index >= 15 is 0 Å². The molecule has 0 saturated heterocycles. The number of hydrogen-bond donors (Lipinski definition) is 1. The Balaban J connectivity index is 1.74. The van der Waals surface area contributed by atoms with Crippen molar-refractivity contribution < 1.29 is 22.7 Å². The van der Waals surface area contributed by atoms with Crippen LogP contribution in [0.4, 0.5) is 0 Å². The quantitative estimate of drug-likeness (QED) is 0.249. The fourth-order valence-electron chi connectivity index (χ4n) is 2.63. The highest BCUT2D eigenvalue weighted by atomic mass is 32.2. The number of hydrogen-bond acceptors (Lipinski definition) is 6. The van der Waals surface area contributed by atoms with Crippen molar-refractivity contribution >= 4 is 22.2 Å². The van der Waals surface area contributed by atoms with Crippen LogP contribution in [-0.4, -0.2) is 27.2 Å². The smallest absolute Gasteiger partial charge is 0.343 e. The summed E-state index contributed by atoms with van der Waals surface area (Å²) < 4.78 is 35.5. The highest BCUT2D eigenvalue weighted by Crippen LogP contribution is 2.29. The molecule has 0 amide bonds. The minimum Gasteiger partial charge on any atom is -0.490 e. The summed E-state index contributed by atoms with van der Waals surface area (Å²) in [7, 11) is -3.76. The van der Waals surface area contributed by atoms with Crippen LogP contribution in [0.3, 0.4) is 0 Å². The normalized spacial score (nSPS) is 11.3. The number of esters is 1. The third kappa shape index (κ3) is 5.93. The maximum Gasteiger partial charge on any atom is 0.343 e. The standard InChI is InChI=1S/C23H22N2O5S/c1-3-29-22-15-18(16-24-25-31(27,28)20-7-5-4-6-8-20)11-14-21(22)30-23(26)19-12-9-17(2)10-13-19/h4-16,25H,3H2,1-2H3. The molecule has 0 spiro atoms. The molecule has 0 aromatic heterocycles. The van der Waals surface area contributed by atoms with Crippen molar-refractivity contribution in [1.82, 2.24) is 4.83 Å². The predicted octanol–water partition coefficient (Wildman–Crippen LogP) is 3.93. The first-order chi connectivity index (χ1) is 14.9. The van der Waals surface area contributed by atoms with Gasteiger partial charge in [-0.25, -0.2) is 9.63 Å². The van der Waals surface area contributed by atoms with Crippen molar-refractivity contribution in [2.24, 2.45) is 5.10 Å². The van der Waals surface area contributed by atoms with Crippen LogP contribution < -0.4 is 14.3 Å². The maximum absolute atomic E-state index is 12.4. The fourth-order valence-corrected chi connectivity index (χ4v) is 3.44. The number of benzene rings is 3. The SMILES string of the molecule is CCOc1cc(C=NNS(=O)(=O)c2ccccc2)ccc1OC(=O)c1ccc(C)cc1. The Hall–Kier alpha value is -3.65. The van der Waals surface area contributed by atoms with E-state index in [0.717, 1.165) is 5.56 Å². The fraction of sp³-hybridized carbons (Fsp3) is 0.130. The van der Waals surface area contributed by atoms with E-state index in [0.29, 0.717) is 23.5 Å². The molecular weight excluding hydrogens is 416 g/mol. The first kappa shape index (κ1) is 22.0. The molecule has 1 N–H and O–H groups in total. The third-order valence-corrected chi connectivity index (χ3v) is 5.44. The number of carbonyl (C=O) groups is 1. The first-order valence-electron chi connectivity index (χ1n) is 9.54. The molecule has 0 radical (unpaired) electrons. The lowest BCUT2D eigenvalue weighted by Crippen LogP contribution is -2.18. The number of carbonyl (C=O) groups excluding carboxylic acids is 1. The molecule has 160 valence electrons. The minimum absolute atomic E-state index is 0.112. The largest absolute Gasteiger partial charge is 0.490 e. The van der Waals surface area contributed by atoms with Gasteiger partial charge in [0.2, 0.25) is 0 Å². The lowest BCUT2D eigenvalue weighted by atomic mass is 10.1. The van der Waals surface area contributed by atoms with E-state index in [1.54, 1.807) is 55.5 Å². The molecule has 0 aliphatic heterocycles. The molecule has 7 nitrogen and oxygen atoms in total. The van der Waals surface area contributed by atoms with Crippen LogP contribution in [0.2, 0.25) is 0 Å². The van der Waals surface area contributed by atoms with Gasteiger partial charge in [0.25, 0.3) is 10.0 Å². The number of aryl methyl sites for hydroxylation is 1. The van der Waals surface area contributed by atoms with Gasteiger partial charge in [-0.05, 0) is 61.9 Å². The third-order valence-electron chi connectivity index (χ3n) is 4.20. The minimum atomic E-state index is -3.76. The van der Waals surface area contributed by atoms with E-state index in [1.165, 1.54) is 18.3 Å². The summed E-state index contributed by atoms with van der Waals surface area (Å²) in [6, 6.07) is 19.8. The summed E-state index contributed by atoms with van der Waals surface area (Å²) in [4.78, 5) is 14.7. The Labute approximate surface area is 181 Å². The number of hydrazone groups is 1. The molecule has 0 bridgehead atoms. The van der Waals surface area contributed by atoms with Gasteiger partial charge in [0, 0.05) is 0 Å². The molecule has 0 atom stereocenters. The highest BCUT2D eigenvalue weighted by Gasteiger charge is 2.14. The molecule has 8 heteroatoms. The van der Waals surface area contributed by atoms with E-state index < -0.39 is 16.0 Å². The van der Waals surface area contributed by atoms with Crippen molar-refractivity contribution in [3.8, 4) is 11.5 Å². The van der Waals surface area contributed by atoms with Crippen LogP contribution in [0.25, 0.3) is 0 Å². The zero-order valence-corrected chi connectivity index (χ0v) is 17.9. The molecule has 0 fully saturated rings. The van der Waals surface area contributed by atoms with Gasteiger partial charge in [0.15, 0.2) is 11.5 Å². The monoisotopic (exact) mass is 438 g/mol. The van der Waals surface area contributed by atoms with Crippen LogP contribution in [0.5, 0.6) is 11.5 Å². The van der Waals surface area contributed by atoms with Crippen molar-refractivity contribution in [2.75, 3.05) is 6.61 Å². The molecule has 3 aromatic carbocycles. The van der Waals surface area contributed by atoms with Gasteiger partial charge in [-0.3, -0.25) is 0 Å². The summed E-state index contributed by atoms with van der Waals surface area (Å²) in [6.45, 7) is 4.10. The second-order valence-electron chi connectivity index (χ2n) is 6.56. The summed E-state index contributed by atoms with van der Waals surface area (Å²) in [5.74, 6) is 0.102. The van der Waals surface area contributed by atoms with Gasteiger partial charge in [0.05, 0.1) is 23.3 Å². The highest BCUT2D eigenvalue weighted by molar-refractivity contribution is 7.89. The topological polar surface area (TPSA) is 94.1 Å². The van der Waals surface area contributed by atoms with Crippen LogP contribution in [-0.2, 0) is 10.0 Å².